The van der Waals surface area contributed by atoms with E-state index in [1.54, 1.807) is 24.4 Å². The summed E-state index contributed by atoms with van der Waals surface area (Å²) >= 11 is 12.9. The number of aromatic nitrogens is 4. The number of aromatic amines is 2. The van der Waals surface area contributed by atoms with E-state index in [1.165, 1.54) is 23.3 Å². The Bertz CT molecular complexity index is 1920. The van der Waals surface area contributed by atoms with Crippen LogP contribution in [0.5, 0.6) is 11.5 Å². The van der Waals surface area contributed by atoms with E-state index < -0.39 is 23.2 Å². The van der Waals surface area contributed by atoms with E-state index >= 15 is 0 Å². The van der Waals surface area contributed by atoms with Gasteiger partial charge in [-0.25, -0.2) is 4.79 Å². The molecule has 1 atom stereocenters. The molecular formula is C28H20Cl2N6O4. The Morgan fingerprint density at radius 3 is 2.58 bits per heavy atom. The highest BCUT2D eigenvalue weighted by Gasteiger charge is 2.25. The van der Waals surface area contributed by atoms with Crippen molar-refractivity contribution in [2.75, 3.05) is 6.54 Å². The van der Waals surface area contributed by atoms with Crippen LogP contribution in [0.25, 0.3) is 16.6 Å². The lowest BCUT2D eigenvalue weighted by Crippen LogP contribution is -2.34. The Hall–Kier alpha value is -4.40. The van der Waals surface area contributed by atoms with E-state index in [1.807, 2.05) is 28.1 Å². The number of nitrogens with one attached hydrogen (secondary N) is 2. The first-order valence-corrected chi connectivity index (χ1v) is 13.0. The molecule has 6 rings (SSSR count). The highest BCUT2D eigenvalue weighted by atomic mass is 35.5. The number of halogens is 2. The lowest BCUT2D eigenvalue weighted by atomic mass is 9.99. The Balaban J connectivity index is 1.29. The number of hydrogen-bond acceptors (Lipinski definition) is 7. The molecule has 0 saturated heterocycles. The molecule has 3 heterocycles. The fraction of sp³-hybridized carbons (Fsp3) is 0.143. The van der Waals surface area contributed by atoms with Gasteiger partial charge < -0.3 is 14.8 Å². The molecule has 200 valence electrons. The number of H-pyrrole nitrogens is 2. The van der Waals surface area contributed by atoms with Crippen molar-refractivity contribution in [3.05, 3.63) is 114 Å². The van der Waals surface area contributed by atoms with E-state index in [9.17, 15) is 14.7 Å². The maximum atomic E-state index is 12.3. The molecule has 10 nitrogen and oxygen atoms in total. The minimum Gasteiger partial charge on any atom is -0.454 e. The number of aliphatic hydroxyl groups excluding tert-OH is 1. The van der Waals surface area contributed by atoms with Crippen LogP contribution in [-0.4, -0.2) is 36.3 Å². The van der Waals surface area contributed by atoms with Crippen LogP contribution in [0.4, 0.5) is 0 Å². The predicted molar refractivity (Wildman–Crippen MR) is 149 cm³/mol. The fourth-order valence-electron chi connectivity index (χ4n) is 4.85. The molecule has 0 amide bonds. The van der Waals surface area contributed by atoms with Crippen LogP contribution in [0.3, 0.4) is 0 Å². The van der Waals surface area contributed by atoms with Gasteiger partial charge in [0, 0.05) is 35.8 Å². The summed E-state index contributed by atoms with van der Waals surface area (Å²) in [4.78, 5) is 31.2. The molecule has 40 heavy (non-hydrogen) atoms. The average Bonchev–Trinajstić information content (AvgIpc) is 3.37. The quantitative estimate of drug-likeness (QED) is 0.282. The summed E-state index contributed by atoms with van der Waals surface area (Å²) in [6.07, 6.45) is 1.82. The van der Waals surface area contributed by atoms with Crippen molar-refractivity contribution in [2.24, 2.45) is 0 Å². The van der Waals surface area contributed by atoms with Crippen LogP contribution in [0.1, 0.15) is 28.6 Å². The van der Waals surface area contributed by atoms with Gasteiger partial charge in [-0.2, -0.15) is 9.94 Å². The van der Waals surface area contributed by atoms with Crippen molar-refractivity contribution in [2.45, 2.75) is 19.2 Å². The van der Waals surface area contributed by atoms with Gasteiger partial charge >= 0.3 is 5.69 Å². The van der Waals surface area contributed by atoms with Crippen LogP contribution in [0.2, 0.25) is 10.0 Å². The van der Waals surface area contributed by atoms with E-state index in [2.05, 4.69) is 22.2 Å². The van der Waals surface area contributed by atoms with Gasteiger partial charge in [-0.05, 0) is 47.9 Å². The summed E-state index contributed by atoms with van der Waals surface area (Å²) in [5.41, 5.74) is 1.93. The molecule has 3 aromatic carbocycles. The van der Waals surface area contributed by atoms with Gasteiger partial charge in [0.1, 0.15) is 18.0 Å². The molecule has 0 aliphatic carbocycles. The van der Waals surface area contributed by atoms with E-state index in [-0.39, 0.29) is 21.5 Å². The van der Waals surface area contributed by atoms with Gasteiger partial charge in [0.2, 0.25) is 5.69 Å². The smallest absolute Gasteiger partial charge is 0.349 e. The summed E-state index contributed by atoms with van der Waals surface area (Å²) in [7, 11) is 0. The third kappa shape index (κ3) is 4.65. The van der Waals surface area contributed by atoms with Crippen molar-refractivity contribution in [1.29, 1.82) is 5.26 Å². The largest absolute Gasteiger partial charge is 0.454 e. The number of hydrogen-bond donors (Lipinski definition) is 3. The third-order valence-electron chi connectivity index (χ3n) is 6.85. The highest BCUT2D eigenvalue weighted by Crippen LogP contribution is 2.39. The summed E-state index contributed by atoms with van der Waals surface area (Å²) < 4.78 is 6.86. The second kappa shape index (κ2) is 10.3. The van der Waals surface area contributed by atoms with E-state index in [4.69, 9.17) is 33.2 Å². The zero-order valence-corrected chi connectivity index (χ0v) is 22.2. The molecule has 2 aromatic heterocycles. The zero-order chi connectivity index (χ0) is 28.0. The van der Waals surface area contributed by atoms with Crippen LogP contribution in [0, 0.1) is 11.3 Å². The van der Waals surface area contributed by atoms with E-state index in [0.717, 1.165) is 28.6 Å². The SMILES string of the molecule is N#Cc1nn(-c2cc(Cl)c(Oc3ccc4[nH]cc(C(O)N5CCc6ccccc6C5)c4c3)c(Cl)c2)c(=O)[nH]c1=O. The molecule has 0 bridgehead atoms. The first-order valence-electron chi connectivity index (χ1n) is 12.2. The van der Waals surface area contributed by atoms with Crippen LogP contribution < -0.4 is 16.0 Å². The van der Waals surface area contributed by atoms with Crippen molar-refractivity contribution in [3.8, 4) is 23.3 Å². The minimum absolute atomic E-state index is 0.0716. The molecule has 3 N–H and O–H groups in total. The second-order valence-corrected chi connectivity index (χ2v) is 10.1. The highest BCUT2D eigenvalue weighted by molar-refractivity contribution is 6.37. The van der Waals surface area contributed by atoms with Crippen molar-refractivity contribution >= 4 is 34.1 Å². The normalized spacial score (nSPS) is 14.1. The third-order valence-corrected chi connectivity index (χ3v) is 7.41. The lowest BCUT2D eigenvalue weighted by molar-refractivity contribution is -0.00669. The number of ether oxygens (including phenoxy) is 1. The minimum atomic E-state index is -0.893. The molecular weight excluding hydrogens is 555 g/mol. The number of aliphatic hydroxyl groups is 1. The monoisotopic (exact) mass is 574 g/mol. The average molecular weight is 575 g/mol. The Kier molecular flexibility index (Phi) is 6.65. The Morgan fingerprint density at radius 2 is 1.82 bits per heavy atom. The predicted octanol–water partition coefficient (Wildman–Crippen LogP) is 4.42. The van der Waals surface area contributed by atoms with Crippen LogP contribution in [-0.2, 0) is 13.0 Å². The first-order chi connectivity index (χ1) is 19.3. The number of rotatable bonds is 5. The van der Waals surface area contributed by atoms with Crippen molar-refractivity contribution < 1.29 is 9.84 Å². The maximum Gasteiger partial charge on any atom is 0.349 e. The zero-order valence-electron chi connectivity index (χ0n) is 20.7. The van der Waals surface area contributed by atoms with Crippen LogP contribution in [0.15, 0.2) is 70.4 Å². The Morgan fingerprint density at radius 1 is 1.07 bits per heavy atom. The molecule has 1 aliphatic heterocycles. The molecule has 12 heteroatoms. The van der Waals surface area contributed by atoms with Crippen molar-refractivity contribution in [1.82, 2.24) is 24.6 Å². The molecule has 0 saturated carbocycles. The molecule has 1 aliphatic rings. The van der Waals surface area contributed by atoms with Gasteiger partial charge in [0.05, 0.1) is 15.7 Å². The summed E-state index contributed by atoms with van der Waals surface area (Å²) in [5, 5.41) is 25.1. The number of fused-ring (bicyclic) bond motifs is 2. The van der Waals surface area contributed by atoms with Gasteiger partial charge in [-0.3, -0.25) is 14.7 Å². The maximum absolute atomic E-state index is 12.3. The van der Waals surface area contributed by atoms with Crippen molar-refractivity contribution in [3.63, 3.8) is 0 Å². The molecule has 5 aromatic rings. The van der Waals surface area contributed by atoms with E-state index in [0.29, 0.717) is 17.9 Å². The summed E-state index contributed by atoms with van der Waals surface area (Å²) in [6.45, 7) is 1.36. The standard InChI is InChI=1S/C28H20Cl2N6O4/c29-21-9-17(36-28(39)33-26(37)24(12-31)34-36)10-22(30)25(21)40-18-5-6-23-19(11-18)20(13-32-23)27(38)35-8-7-15-3-1-2-4-16(15)14-35/h1-6,9-11,13,27,32,38H,7-8,14H2,(H,33,37,39). The molecule has 1 unspecified atom stereocenters. The topological polar surface area (TPSA) is 140 Å². The second-order valence-electron chi connectivity index (χ2n) is 9.29. The van der Waals surface area contributed by atoms with Gasteiger partial charge in [0.15, 0.2) is 5.75 Å². The fourth-order valence-corrected chi connectivity index (χ4v) is 5.41. The summed E-state index contributed by atoms with van der Waals surface area (Å²) in [6, 6.07) is 18.0. The van der Waals surface area contributed by atoms with Gasteiger partial charge in [-0.15, -0.1) is 5.10 Å². The molecule has 0 fully saturated rings. The number of nitriles is 1. The molecule has 0 radical (unpaired) electrons. The molecule has 0 spiro atoms. The number of benzene rings is 3. The number of nitrogens with zero attached hydrogens (tertiary/aromatic N) is 4. The van der Waals surface area contributed by atoms with Crippen LogP contribution >= 0.6 is 23.2 Å². The van der Waals surface area contributed by atoms with Gasteiger partial charge in [-0.1, -0.05) is 47.5 Å². The Labute approximate surface area is 236 Å². The summed E-state index contributed by atoms with van der Waals surface area (Å²) in [5.74, 6) is 0.557. The lowest BCUT2D eigenvalue weighted by Gasteiger charge is -2.32. The van der Waals surface area contributed by atoms with Gasteiger partial charge in [0.25, 0.3) is 5.56 Å². The first kappa shape index (κ1) is 25.9.